The fourth-order valence-corrected chi connectivity index (χ4v) is 2.01. The van der Waals surface area contributed by atoms with E-state index in [1.54, 1.807) is 21.3 Å². The maximum absolute atomic E-state index is 5.23. The second kappa shape index (κ2) is 11.9. The van der Waals surface area contributed by atoms with Gasteiger partial charge in [-0.3, -0.25) is 4.90 Å². The van der Waals surface area contributed by atoms with Gasteiger partial charge in [0.05, 0.1) is 19.8 Å². The van der Waals surface area contributed by atoms with E-state index in [9.17, 15) is 0 Å². The molecule has 0 aromatic rings. The van der Waals surface area contributed by atoms with Crippen LogP contribution in [-0.4, -0.2) is 77.8 Å². The van der Waals surface area contributed by atoms with Crippen molar-refractivity contribution in [2.75, 3.05) is 60.8 Å². The Balaban J connectivity index is 4.08. The molecule has 0 heterocycles. The normalized spacial score (nSPS) is 15.0. The second-order valence-corrected chi connectivity index (χ2v) is 4.58. The molecule has 0 rings (SSSR count). The highest BCUT2D eigenvalue weighted by atomic mass is 16.5. The minimum atomic E-state index is 0.393. The van der Waals surface area contributed by atoms with Gasteiger partial charge < -0.3 is 19.5 Å². The Morgan fingerprint density at radius 2 is 1.61 bits per heavy atom. The number of nitrogens with one attached hydrogen (secondary N) is 1. The summed E-state index contributed by atoms with van der Waals surface area (Å²) >= 11 is 0. The van der Waals surface area contributed by atoms with Crippen molar-refractivity contribution in [2.45, 2.75) is 25.9 Å². The number of ether oxygens (including phenoxy) is 3. The van der Waals surface area contributed by atoms with Crippen LogP contribution in [0.2, 0.25) is 0 Å². The van der Waals surface area contributed by atoms with Crippen LogP contribution in [0, 0.1) is 0 Å². The topological polar surface area (TPSA) is 43.0 Å². The highest BCUT2D eigenvalue weighted by Crippen LogP contribution is 2.05. The average Bonchev–Trinajstić information content (AvgIpc) is 2.35. The lowest BCUT2D eigenvalue weighted by Gasteiger charge is -2.34. The summed E-state index contributed by atoms with van der Waals surface area (Å²) in [5, 5.41) is 3.39. The van der Waals surface area contributed by atoms with Crippen LogP contribution < -0.4 is 5.32 Å². The van der Waals surface area contributed by atoms with Crippen LogP contribution in [0.1, 0.15) is 13.8 Å². The van der Waals surface area contributed by atoms with Crippen LogP contribution in [0.5, 0.6) is 0 Å². The summed E-state index contributed by atoms with van der Waals surface area (Å²) < 4.78 is 15.4. The lowest BCUT2D eigenvalue weighted by molar-refractivity contribution is 0.0512. The standard InChI is InChI=1S/C13H30N2O3/c1-12(10-14-6-8-16-3)15(7-9-17-4)13(2)11-18-5/h12-14H,6-11H2,1-5H3. The van der Waals surface area contributed by atoms with Gasteiger partial charge in [0.25, 0.3) is 0 Å². The van der Waals surface area contributed by atoms with Crippen LogP contribution in [-0.2, 0) is 14.2 Å². The molecular weight excluding hydrogens is 232 g/mol. The number of rotatable bonds is 12. The minimum Gasteiger partial charge on any atom is -0.383 e. The van der Waals surface area contributed by atoms with Gasteiger partial charge in [-0.2, -0.15) is 0 Å². The molecule has 0 aromatic carbocycles. The molecule has 0 spiro atoms. The van der Waals surface area contributed by atoms with Gasteiger partial charge in [-0.15, -0.1) is 0 Å². The van der Waals surface area contributed by atoms with Crippen LogP contribution in [0.4, 0.5) is 0 Å². The zero-order chi connectivity index (χ0) is 13.8. The highest BCUT2D eigenvalue weighted by Gasteiger charge is 2.19. The van der Waals surface area contributed by atoms with Crippen LogP contribution >= 0.6 is 0 Å². The molecule has 110 valence electrons. The zero-order valence-corrected chi connectivity index (χ0v) is 12.6. The van der Waals surface area contributed by atoms with Crippen molar-refractivity contribution >= 4 is 0 Å². The first-order valence-electron chi connectivity index (χ1n) is 6.60. The third kappa shape index (κ3) is 8.00. The summed E-state index contributed by atoms with van der Waals surface area (Å²) in [5.74, 6) is 0. The summed E-state index contributed by atoms with van der Waals surface area (Å²) in [5.41, 5.74) is 0. The Hall–Kier alpha value is -0.200. The van der Waals surface area contributed by atoms with E-state index in [1.165, 1.54) is 0 Å². The van der Waals surface area contributed by atoms with Crippen molar-refractivity contribution in [3.63, 3.8) is 0 Å². The van der Waals surface area contributed by atoms with Gasteiger partial charge in [0.1, 0.15) is 0 Å². The Kier molecular flexibility index (Phi) is 11.7. The van der Waals surface area contributed by atoms with E-state index < -0.39 is 0 Å². The van der Waals surface area contributed by atoms with Gasteiger partial charge in [-0.1, -0.05) is 0 Å². The van der Waals surface area contributed by atoms with Gasteiger partial charge in [-0.05, 0) is 13.8 Å². The van der Waals surface area contributed by atoms with E-state index in [-0.39, 0.29) is 0 Å². The lowest BCUT2D eigenvalue weighted by Crippen LogP contribution is -2.48. The molecule has 0 amide bonds. The summed E-state index contributed by atoms with van der Waals surface area (Å²) in [7, 11) is 5.20. The van der Waals surface area contributed by atoms with E-state index in [1.807, 2.05) is 0 Å². The summed E-state index contributed by atoms with van der Waals surface area (Å²) in [6.07, 6.45) is 0. The maximum Gasteiger partial charge on any atom is 0.0615 e. The van der Waals surface area contributed by atoms with E-state index in [0.29, 0.717) is 12.1 Å². The summed E-state index contributed by atoms with van der Waals surface area (Å²) in [6, 6.07) is 0.839. The van der Waals surface area contributed by atoms with Crippen molar-refractivity contribution in [3.8, 4) is 0 Å². The number of methoxy groups -OCH3 is 3. The predicted molar refractivity (Wildman–Crippen MR) is 74.1 cm³/mol. The number of nitrogens with zero attached hydrogens (tertiary/aromatic N) is 1. The molecule has 0 radical (unpaired) electrons. The molecular formula is C13H30N2O3. The lowest BCUT2D eigenvalue weighted by atomic mass is 10.2. The molecule has 0 saturated carbocycles. The van der Waals surface area contributed by atoms with E-state index in [4.69, 9.17) is 14.2 Å². The molecule has 0 fully saturated rings. The Labute approximate surface area is 112 Å². The third-order valence-corrected chi connectivity index (χ3v) is 3.02. The van der Waals surface area contributed by atoms with E-state index in [0.717, 1.165) is 39.5 Å². The van der Waals surface area contributed by atoms with E-state index >= 15 is 0 Å². The van der Waals surface area contributed by atoms with Crippen molar-refractivity contribution in [1.29, 1.82) is 0 Å². The molecule has 0 aliphatic carbocycles. The number of hydrogen-bond acceptors (Lipinski definition) is 5. The molecule has 0 aliphatic rings. The van der Waals surface area contributed by atoms with Crippen molar-refractivity contribution in [2.24, 2.45) is 0 Å². The van der Waals surface area contributed by atoms with Crippen molar-refractivity contribution in [3.05, 3.63) is 0 Å². The highest BCUT2D eigenvalue weighted by molar-refractivity contribution is 4.75. The summed E-state index contributed by atoms with van der Waals surface area (Å²) in [6.45, 7) is 9.40. The molecule has 0 bridgehead atoms. The van der Waals surface area contributed by atoms with Crippen molar-refractivity contribution in [1.82, 2.24) is 10.2 Å². The van der Waals surface area contributed by atoms with Gasteiger partial charge in [-0.25, -0.2) is 0 Å². The molecule has 5 nitrogen and oxygen atoms in total. The molecule has 18 heavy (non-hydrogen) atoms. The van der Waals surface area contributed by atoms with Gasteiger partial charge in [0.2, 0.25) is 0 Å². The van der Waals surface area contributed by atoms with Gasteiger partial charge in [0, 0.05) is 53.0 Å². The molecule has 0 aromatic heterocycles. The molecule has 2 atom stereocenters. The minimum absolute atomic E-state index is 0.393. The predicted octanol–water partition coefficient (Wildman–Crippen LogP) is 0.594. The monoisotopic (exact) mass is 262 g/mol. The smallest absolute Gasteiger partial charge is 0.0615 e. The first-order chi connectivity index (χ1) is 8.67. The van der Waals surface area contributed by atoms with Gasteiger partial charge >= 0.3 is 0 Å². The Morgan fingerprint density at radius 3 is 2.17 bits per heavy atom. The third-order valence-electron chi connectivity index (χ3n) is 3.02. The Morgan fingerprint density at radius 1 is 0.944 bits per heavy atom. The molecule has 2 unspecified atom stereocenters. The zero-order valence-electron chi connectivity index (χ0n) is 12.6. The fourth-order valence-electron chi connectivity index (χ4n) is 2.01. The second-order valence-electron chi connectivity index (χ2n) is 4.58. The largest absolute Gasteiger partial charge is 0.383 e. The number of hydrogen-bond donors (Lipinski definition) is 1. The van der Waals surface area contributed by atoms with Gasteiger partial charge in [0.15, 0.2) is 0 Å². The maximum atomic E-state index is 5.23. The fraction of sp³-hybridized carbons (Fsp3) is 1.00. The SMILES string of the molecule is COCCNCC(C)N(CCOC)C(C)COC. The average molecular weight is 262 g/mol. The van der Waals surface area contributed by atoms with Crippen LogP contribution in [0.25, 0.3) is 0 Å². The van der Waals surface area contributed by atoms with E-state index in [2.05, 4.69) is 24.1 Å². The molecule has 0 saturated heterocycles. The molecule has 5 heteroatoms. The Bertz CT molecular complexity index is 182. The van der Waals surface area contributed by atoms with Crippen LogP contribution in [0.3, 0.4) is 0 Å². The van der Waals surface area contributed by atoms with Crippen LogP contribution in [0.15, 0.2) is 0 Å². The molecule has 0 aliphatic heterocycles. The molecule has 1 N–H and O–H groups in total. The quantitative estimate of drug-likeness (QED) is 0.522. The summed E-state index contributed by atoms with van der Waals surface area (Å²) in [4.78, 5) is 2.41. The first kappa shape index (κ1) is 17.8. The van der Waals surface area contributed by atoms with Crippen molar-refractivity contribution < 1.29 is 14.2 Å². The first-order valence-corrected chi connectivity index (χ1v) is 6.60.